The Bertz CT molecular complexity index is 474. The van der Waals surface area contributed by atoms with Crippen molar-refractivity contribution in [3.8, 4) is 0 Å². The Kier molecular flexibility index (Phi) is 5.11. The van der Waals surface area contributed by atoms with Gasteiger partial charge in [-0.05, 0) is 64.2 Å². The van der Waals surface area contributed by atoms with Gasteiger partial charge in [-0.3, -0.25) is 9.80 Å². The minimum Gasteiger partial charge on any atom is -0.451 e. The van der Waals surface area contributed by atoms with Crippen LogP contribution in [-0.2, 0) is 0 Å². The standard InChI is InChI=1S/C15H23Br2N3O/c1-10-8-19-5-3-2-4-11(19)9-20(10)13(7-18)14-6-12(16)15(17)21-14/h6,10-11,13H,2-5,7-9,18H2,1H3. The molecule has 3 rings (SSSR count). The number of halogens is 2. The number of fused-ring (bicyclic) bond motifs is 1. The molecule has 21 heavy (non-hydrogen) atoms. The fourth-order valence-electron chi connectivity index (χ4n) is 3.75. The molecule has 0 amide bonds. The number of nitrogens with zero attached hydrogens (tertiary/aromatic N) is 2. The van der Waals surface area contributed by atoms with Crippen molar-refractivity contribution < 1.29 is 4.42 Å². The fraction of sp³-hybridized carbons (Fsp3) is 0.733. The maximum absolute atomic E-state index is 6.08. The van der Waals surface area contributed by atoms with E-state index in [1.165, 1.54) is 25.8 Å². The number of hydrogen-bond donors (Lipinski definition) is 1. The van der Waals surface area contributed by atoms with Crippen molar-refractivity contribution in [3.63, 3.8) is 0 Å². The summed E-state index contributed by atoms with van der Waals surface area (Å²) in [5.41, 5.74) is 6.08. The van der Waals surface area contributed by atoms with Crippen LogP contribution in [0.25, 0.3) is 0 Å². The molecular weight excluding hydrogens is 398 g/mol. The van der Waals surface area contributed by atoms with E-state index in [-0.39, 0.29) is 6.04 Å². The van der Waals surface area contributed by atoms with Crippen LogP contribution in [-0.4, -0.2) is 48.1 Å². The Labute approximate surface area is 143 Å². The second-order valence-electron chi connectivity index (χ2n) is 6.21. The first kappa shape index (κ1) is 16.0. The Balaban J connectivity index is 1.79. The van der Waals surface area contributed by atoms with Gasteiger partial charge >= 0.3 is 0 Å². The van der Waals surface area contributed by atoms with E-state index in [0.29, 0.717) is 18.6 Å². The van der Waals surface area contributed by atoms with Crippen molar-refractivity contribution in [2.45, 2.75) is 44.3 Å². The average Bonchev–Trinajstić information content (AvgIpc) is 2.80. The van der Waals surface area contributed by atoms with Gasteiger partial charge in [0, 0.05) is 31.7 Å². The summed E-state index contributed by atoms with van der Waals surface area (Å²) in [5, 5.41) is 0. The lowest BCUT2D eigenvalue weighted by molar-refractivity contribution is -0.0112. The Hall–Kier alpha value is 0.120. The normalized spacial score (nSPS) is 29.3. The van der Waals surface area contributed by atoms with E-state index in [0.717, 1.165) is 28.0 Å². The summed E-state index contributed by atoms with van der Waals surface area (Å²) >= 11 is 6.93. The lowest BCUT2D eigenvalue weighted by atomic mass is 9.95. The maximum Gasteiger partial charge on any atom is 0.183 e. The van der Waals surface area contributed by atoms with E-state index >= 15 is 0 Å². The van der Waals surface area contributed by atoms with Crippen LogP contribution in [0, 0.1) is 0 Å². The SMILES string of the molecule is CC1CN2CCCCC2CN1C(CN)c1cc(Br)c(Br)o1. The van der Waals surface area contributed by atoms with Gasteiger partial charge in [-0.1, -0.05) is 6.42 Å². The molecule has 4 nitrogen and oxygen atoms in total. The van der Waals surface area contributed by atoms with Gasteiger partial charge in [0.25, 0.3) is 0 Å². The number of rotatable bonds is 3. The van der Waals surface area contributed by atoms with Crippen LogP contribution in [0.5, 0.6) is 0 Å². The van der Waals surface area contributed by atoms with Crippen LogP contribution >= 0.6 is 31.9 Å². The van der Waals surface area contributed by atoms with E-state index in [9.17, 15) is 0 Å². The highest BCUT2D eigenvalue weighted by Gasteiger charge is 2.37. The van der Waals surface area contributed by atoms with E-state index in [1.54, 1.807) is 0 Å². The molecule has 2 saturated heterocycles. The smallest absolute Gasteiger partial charge is 0.183 e. The van der Waals surface area contributed by atoms with Crippen molar-refractivity contribution in [2.75, 3.05) is 26.2 Å². The molecule has 2 fully saturated rings. The fourth-order valence-corrected chi connectivity index (χ4v) is 4.36. The minimum absolute atomic E-state index is 0.159. The minimum atomic E-state index is 0.159. The van der Waals surface area contributed by atoms with Gasteiger partial charge < -0.3 is 10.2 Å². The number of piperazine rings is 1. The molecule has 3 heterocycles. The molecule has 0 radical (unpaired) electrons. The lowest BCUT2D eigenvalue weighted by Gasteiger charge is -2.49. The predicted molar refractivity (Wildman–Crippen MR) is 91.3 cm³/mol. The van der Waals surface area contributed by atoms with Crippen molar-refractivity contribution in [1.29, 1.82) is 0 Å². The zero-order valence-corrected chi connectivity index (χ0v) is 15.6. The highest BCUT2D eigenvalue weighted by molar-refractivity contribution is 9.13. The number of piperidine rings is 1. The van der Waals surface area contributed by atoms with Crippen LogP contribution in [0.1, 0.15) is 38.0 Å². The molecule has 0 aromatic carbocycles. The monoisotopic (exact) mass is 419 g/mol. The number of nitrogens with two attached hydrogens (primary N) is 1. The van der Waals surface area contributed by atoms with Gasteiger partial charge in [0.2, 0.25) is 0 Å². The predicted octanol–water partition coefficient (Wildman–Crippen LogP) is 3.36. The summed E-state index contributed by atoms with van der Waals surface area (Å²) in [7, 11) is 0. The van der Waals surface area contributed by atoms with Gasteiger partial charge in [-0.2, -0.15) is 0 Å². The molecule has 1 aromatic heterocycles. The molecule has 0 aliphatic carbocycles. The van der Waals surface area contributed by atoms with Crippen LogP contribution in [0.15, 0.2) is 19.6 Å². The Morgan fingerprint density at radius 3 is 2.86 bits per heavy atom. The van der Waals surface area contributed by atoms with Gasteiger partial charge in [0.1, 0.15) is 5.76 Å². The molecule has 2 N–H and O–H groups in total. The first-order chi connectivity index (χ1) is 10.1. The molecule has 2 aliphatic heterocycles. The van der Waals surface area contributed by atoms with E-state index in [2.05, 4.69) is 48.6 Å². The van der Waals surface area contributed by atoms with Gasteiger partial charge in [0.05, 0.1) is 10.5 Å². The number of hydrogen-bond acceptors (Lipinski definition) is 4. The van der Waals surface area contributed by atoms with Crippen LogP contribution in [0.4, 0.5) is 0 Å². The summed E-state index contributed by atoms with van der Waals surface area (Å²) < 4.78 is 7.55. The van der Waals surface area contributed by atoms with Crippen molar-refractivity contribution >= 4 is 31.9 Å². The zero-order valence-electron chi connectivity index (χ0n) is 12.4. The van der Waals surface area contributed by atoms with E-state index < -0.39 is 0 Å². The zero-order chi connectivity index (χ0) is 15.0. The van der Waals surface area contributed by atoms with E-state index in [1.807, 2.05) is 6.07 Å². The molecular formula is C15H23Br2N3O. The second kappa shape index (κ2) is 6.71. The molecule has 2 aliphatic rings. The molecule has 0 spiro atoms. The molecule has 0 bridgehead atoms. The van der Waals surface area contributed by atoms with Gasteiger partial charge in [0.15, 0.2) is 4.67 Å². The second-order valence-corrected chi connectivity index (χ2v) is 7.79. The molecule has 3 atom stereocenters. The maximum atomic E-state index is 6.08. The molecule has 118 valence electrons. The summed E-state index contributed by atoms with van der Waals surface area (Å²) in [4.78, 5) is 5.19. The van der Waals surface area contributed by atoms with Gasteiger partial charge in [-0.25, -0.2) is 0 Å². The first-order valence-corrected chi connectivity index (χ1v) is 9.33. The molecule has 6 heteroatoms. The van der Waals surface area contributed by atoms with Crippen LogP contribution in [0.3, 0.4) is 0 Å². The third-order valence-electron chi connectivity index (χ3n) is 4.85. The number of furan rings is 1. The summed E-state index contributed by atoms with van der Waals surface area (Å²) in [6, 6.07) is 3.40. The van der Waals surface area contributed by atoms with Crippen LogP contribution < -0.4 is 5.73 Å². The Morgan fingerprint density at radius 1 is 1.38 bits per heavy atom. The quantitative estimate of drug-likeness (QED) is 0.814. The van der Waals surface area contributed by atoms with Gasteiger partial charge in [-0.15, -0.1) is 0 Å². The third-order valence-corrected chi connectivity index (χ3v) is 6.56. The lowest BCUT2D eigenvalue weighted by Crippen LogP contribution is -2.59. The molecule has 3 unspecified atom stereocenters. The summed E-state index contributed by atoms with van der Waals surface area (Å²) in [6.45, 7) is 6.39. The summed E-state index contributed by atoms with van der Waals surface area (Å²) in [6.07, 6.45) is 4.02. The van der Waals surface area contributed by atoms with Crippen molar-refractivity contribution in [3.05, 3.63) is 21.0 Å². The summed E-state index contributed by atoms with van der Waals surface area (Å²) in [5.74, 6) is 0.951. The van der Waals surface area contributed by atoms with E-state index in [4.69, 9.17) is 10.2 Å². The van der Waals surface area contributed by atoms with Crippen molar-refractivity contribution in [1.82, 2.24) is 9.80 Å². The highest BCUT2D eigenvalue weighted by Crippen LogP contribution is 2.35. The first-order valence-electron chi connectivity index (χ1n) is 7.74. The third kappa shape index (κ3) is 3.24. The largest absolute Gasteiger partial charge is 0.451 e. The van der Waals surface area contributed by atoms with Crippen LogP contribution in [0.2, 0.25) is 0 Å². The highest BCUT2D eigenvalue weighted by atomic mass is 79.9. The van der Waals surface area contributed by atoms with Crippen molar-refractivity contribution in [2.24, 2.45) is 5.73 Å². The molecule has 1 aromatic rings. The molecule has 0 saturated carbocycles. The average molecular weight is 421 g/mol. The Morgan fingerprint density at radius 2 is 2.19 bits per heavy atom. The topological polar surface area (TPSA) is 45.6 Å².